The normalized spacial score (nSPS) is 11.2. The van der Waals surface area contributed by atoms with Gasteiger partial charge in [-0.15, -0.1) is 0 Å². The smallest absolute Gasteiger partial charge is 0.420 e. The van der Waals surface area contributed by atoms with Gasteiger partial charge in [-0.2, -0.15) is 4.90 Å². The standard InChI is InChI=1S/C23H26N2O7/c24-21(28)19(13-7-8-14-20(26)27)25(22(29)31-15-17-9-3-1-4-10-17)23(30)32-16-18-11-5-2-6-12-18/h1-6,9-12,19H,7-8,13-16H2,(H2,24,28)(H,26,27). The SMILES string of the molecule is NC(=O)C(CCCCC(=O)O)N(C(=O)OCc1ccccc1)C(=O)OCc1ccccc1. The average Bonchev–Trinajstić information content (AvgIpc) is 2.79. The van der Waals surface area contributed by atoms with Gasteiger partial charge in [0.25, 0.3) is 0 Å². The lowest BCUT2D eigenvalue weighted by Gasteiger charge is -2.26. The molecular formula is C23H26N2O7. The number of imide groups is 1. The zero-order chi connectivity index (χ0) is 23.3. The summed E-state index contributed by atoms with van der Waals surface area (Å²) >= 11 is 0. The first-order valence-electron chi connectivity index (χ1n) is 10.1. The summed E-state index contributed by atoms with van der Waals surface area (Å²) < 4.78 is 10.4. The number of unbranched alkanes of at least 4 members (excludes halogenated alkanes) is 1. The van der Waals surface area contributed by atoms with E-state index in [1.54, 1.807) is 60.7 Å². The van der Waals surface area contributed by atoms with Gasteiger partial charge in [-0.25, -0.2) is 9.59 Å². The Hall–Kier alpha value is -3.88. The van der Waals surface area contributed by atoms with Crippen LogP contribution in [-0.4, -0.2) is 40.1 Å². The number of benzene rings is 2. The summed E-state index contributed by atoms with van der Waals surface area (Å²) in [5.74, 6) is -1.91. The molecule has 0 bridgehead atoms. The first kappa shape index (κ1) is 24.4. The third-order valence-corrected chi connectivity index (χ3v) is 4.56. The minimum Gasteiger partial charge on any atom is -0.481 e. The molecule has 1 atom stereocenters. The van der Waals surface area contributed by atoms with Crippen LogP contribution in [0.15, 0.2) is 60.7 Å². The third-order valence-electron chi connectivity index (χ3n) is 4.56. The van der Waals surface area contributed by atoms with Gasteiger partial charge >= 0.3 is 18.2 Å². The largest absolute Gasteiger partial charge is 0.481 e. The van der Waals surface area contributed by atoms with E-state index in [9.17, 15) is 19.2 Å². The van der Waals surface area contributed by atoms with Crippen molar-refractivity contribution in [1.29, 1.82) is 0 Å². The Balaban J connectivity index is 2.12. The van der Waals surface area contributed by atoms with Crippen molar-refractivity contribution in [2.24, 2.45) is 5.73 Å². The highest BCUT2D eigenvalue weighted by Crippen LogP contribution is 2.16. The molecule has 0 aliphatic rings. The quantitative estimate of drug-likeness (QED) is 0.509. The number of carbonyl (C=O) groups excluding carboxylic acids is 3. The van der Waals surface area contributed by atoms with Gasteiger partial charge in [0, 0.05) is 6.42 Å². The number of primary amides is 1. The third kappa shape index (κ3) is 8.10. The monoisotopic (exact) mass is 442 g/mol. The highest BCUT2D eigenvalue weighted by molar-refractivity contribution is 5.94. The van der Waals surface area contributed by atoms with E-state index in [2.05, 4.69) is 0 Å². The molecule has 0 aliphatic carbocycles. The van der Waals surface area contributed by atoms with Crippen molar-refractivity contribution in [3.63, 3.8) is 0 Å². The Morgan fingerprint density at radius 3 is 1.69 bits per heavy atom. The van der Waals surface area contributed by atoms with E-state index in [0.717, 1.165) is 0 Å². The molecule has 2 aromatic rings. The first-order chi connectivity index (χ1) is 15.4. The zero-order valence-corrected chi connectivity index (χ0v) is 17.5. The van der Waals surface area contributed by atoms with E-state index in [0.29, 0.717) is 16.0 Å². The van der Waals surface area contributed by atoms with E-state index in [-0.39, 0.29) is 38.9 Å². The van der Waals surface area contributed by atoms with E-state index in [1.807, 2.05) is 0 Å². The molecule has 1 unspecified atom stereocenters. The molecule has 2 aromatic carbocycles. The second-order valence-electron chi connectivity index (χ2n) is 7.01. The predicted molar refractivity (Wildman–Crippen MR) is 114 cm³/mol. The molecule has 0 fully saturated rings. The fraction of sp³-hybridized carbons (Fsp3) is 0.304. The Morgan fingerprint density at radius 1 is 0.812 bits per heavy atom. The van der Waals surface area contributed by atoms with Crippen LogP contribution in [0.1, 0.15) is 36.8 Å². The molecule has 9 heteroatoms. The summed E-state index contributed by atoms with van der Waals surface area (Å²) in [4.78, 5) is 48.9. The molecule has 9 nitrogen and oxygen atoms in total. The molecule has 0 aromatic heterocycles. The molecule has 0 heterocycles. The van der Waals surface area contributed by atoms with Crippen LogP contribution >= 0.6 is 0 Å². The fourth-order valence-electron chi connectivity index (χ4n) is 2.92. The van der Waals surface area contributed by atoms with Crippen LogP contribution in [0.25, 0.3) is 0 Å². The minimum atomic E-state index is -1.34. The highest BCUT2D eigenvalue weighted by atomic mass is 16.6. The zero-order valence-electron chi connectivity index (χ0n) is 17.5. The number of nitrogens with zero attached hydrogens (tertiary/aromatic N) is 1. The van der Waals surface area contributed by atoms with Crippen molar-refractivity contribution in [3.05, 3.63) is 71.8 Å². The number of hydrogen-bond acceptors (Lipinski definition) is 6. The number of ether oxygens (including phenoxy) is 2. The van der Waals surface area contributed by atoms with Gasteiger partial charge in [0.1, 0.15) is 19.3 Å². The topological polar surface area (TPSA) is 136 Å². The first-order valence-corrected chi connectivity index (χ1v) is 10.1. The lowest BCUT2D eigenvalue weighted by molar-refractivity contribution is -0.137. The number of carbonyl (C=O) groups is 4. The van der Waals surface area contributed by atoms with Crippen molar-refractivity contribution < 1.29 is 33.8 Å². The fourth-order valence-corrected chi connectivity index (χ4v) is 2.92. The molecular weight excluding hydrogens is 416 g/mol. The van der Waals surface area contributed by atoms with Gasteiger partial charge in [-0.05, 0) is 24.0 Å². The Kier molecular flexibility index (Phi) is 9.70. The van der Waals surface area contributed by atoms with Gasteiger partial charge in [0.2, 0.25) is 5.91 Å². The van der Waals surface area contributed by atoms with Crippen LogP contribution in [-0.2, 0) is 32.3 Å². The van der Waals surface area contributed by atoms with Crippen LogP contribution < -0.4 is 5.73 Å². The van der Waals surface area contributed by atoms with Crippen molar-refractivity contribution in [1.82, 2.24) is 4.90 Å². The molecule has 0 saturated heterocycles. The van der Waals surface area contributed by atoms with Crippen molar-refractivity contribution in [2.75, 3.05) is 0 Å². The van der Waals surface area contributed by atoms with Crippen LogP contribution in [0, 0.1) is 0 Å². The summed E-state index contributed by atoms with van der Waals surface area (Å²) in [6, 6.07) is 16.3. The molecule has 32 heavy (non-hydrogen) atoms. The van der Waals surface area contributed by atoms with Crippen LogP contribution in [0.3, 0.4) is 0 Å². The van der Waals surface area contributed by atoms with Gasteiger partial charge in [-0.1, -0.05) is 67.1 Å². The number of aliphatic carboxylic acids is 1. The molecule has 3 N–H and O–H groups in total. The van der Waals surface area contributed by atoms with Gasteiger partial charge in [0.05, 0.1) is 0 Å². The lowest BCUT2D eigenvalue weighted by atomic mass is 10.1. The number of hydrogen-bond donors (Lipinski definition) is 2. The molecule has 0 radical (unpaired) electrons. The van der Waals surface area contributed by atoms with E-state index in [1.165, 1.54) is 0 Å². The number of carboxylic acids is 1. The maximum atomic E-state index is 12.8. The van der Waals surface area contributed by atoms with Gasteiger partial charge in [0.15, 0.2) is 0 Å². The molecule has 0 aliphatic heterocycles. The highest BCUT2D eigenvalue weighted by Gasteiger charge is 2.36. The van der Waals surface area contributed by atoms with Crippen molar-refractivity contribution in [2.45, 2.75) is 44.9 Å². The Labute approximate surface area is 185 Å². The second-order valence-corrected chi connectivity index (χ2v) is 7.01. The Morgan fingerprint density at radius 2 is 1.28 bits per heavy atom. The van der Waals surface area contributed by atoms with E-state index >= 15 is 0 Å². The predicted octanol–water partition coefficient (Wildman–Crippen LogP) is 3.46. The van der Waals surface area contributed by atoms with Crippen LogP contribution in [0.5, 0.6) is 0 Å². The van der Waals surface area contributed by atoms with E-state index in [4.69, 9.17) is 20.3 Å². The number of rotatable bonds is 11. The summed E-state index contributed by atoms with van der Waals surface area (Å²) in [6.07, 6.45) is -1.76. The Bertz CT molecular complexity index is 848. The second kappa shape index (κ2) is 12.7. The van der Waals surface area contributed by atoms with Crippen molar-refractivity contribution >= 4 is 24.1 Å². The average molecular weight is 442 g/mol. The summed E-state index contributed by atoms with van der Waals surface area (Å²) in [6.45, 7) is -0.237. The van der Waals surface area contributed by atoms with Crippen LogP contribution in [0.4, 0.5) is 9.59 Å². The minimum absolute atomic E-state index is 0.0104. The van der Waals surface area contributed by atoms with Gasteiger partial charge < -0.3 is 20.3 Å². The maximum Gasteiger partial charge on any atom is 0.420 e. The van der Waals surface area contributed by atoms with Crippen molar-refractivity contribution in [3.8, 4) is 0 Å². The molecule has 3 amide bonds. The summed E-state index contributed by atoms with van der Waals surface area (Å²) in [5, 5.41) is 8.78. The molecule has 170 valence electrons. The summed E-state index contributed by atoms with van der Waals surface area (Å²) in [5.41, 5.74) is 6.84. The molecule has 0 spiro atoms. The summed E-state index contributed by atoms with van der Waals surface area (Å²) in [7, 11) is 0. The number of carboxylic acid groups (broad SMARTS) is 1. The van der Waals surface area contributed by atoms with E-state index < -0.39 is 30.1 Å². The molecule has 2 rings (SSSR count). The number of amides is 3. The molecule has 0 saturated carbocycles. The van der Waals surface area contributed by atoms with Gasteiger partial charge in [-0.3, -0.25) is 9.59 Å². The maximum absolute atomic E-state index is 12.8. The van der Waals surface area contributed by atoms with Crippen LogP contribution in [0.2, 0.25) is 0 Å². The number of nitrogens with two attached hydrogens (primary N) is 1. The lowest BCUT2D eigenvalue weighted by Crippen LogP contribution is -2.51.